The van der Waals surface area contributed by atoms with E-state index in [1.807, 2.05) is 18.2 Å². The molecule has 2 aromatic carbocycles. The van der Waals surface area contributed by atoms with Gasteiger partial charge in [0.2, 0.25) is 5.76 Å². The van der Waals surface area contributed by atoms with Crippen molar-refractivity contribution < 1.29 is 13.9 Å². The number of carbonyl (C=O) groups excluding carboxylic acids is 1. The van der Waals surface area contributed by atoms with E-state index in [9.17, 15) is 4.79 Å². The molecule has 0 saturated carbocycles. The van der Waals surface area contributed by atoms with Crippen molar-refractivity contribution in [3.8, 4) is 17.1 Å². The van der Waals surface area contributed by atoms with Crippen molar-refractivity contribution in [3.05, 3.63) is 77.5 Å². The van der Waals surface area contributed by atoms with Crippen LogP contribution in [0.5, 0.6) is 5.75 Å². The Morgan fingerprint density at radius 2 is 1.62 bits per heavy atom. The van der Waals surface area contributed by atoms with E-state index in [0.29, 0.717) is 16.5 Å². The maximum absolute atomic E-state index is 12.0. The fourth-order valence-electron chi connectivity index (χ4n) is 1.86. The summed E-state index contributed by atoms with van der Waals surface area (Å²) in [6.07, 6.45) is 0. The van der Waals surface area contributed by atoms with Gasteiger partial charge in [0.25, 0.3) is 0 Å². The van der Waals surface area contributed by atoms with Gasteiger partial charge in [-0.3, -0.25) is 0 Å². The molecule has 0 spiro atoms. The largest absolute Gasteiger partial charge is 0.449 e. The Balaban J connectivity index is 1.78. The predicted octanol–water partition coefficient (Wildman–Crippen LogP) is 4.82. The predicted molar refractivity (Wildman–Crippen MR) is 80.6 cm³/mol. The fraction of sp³-hybridized carbons (Fsp3) is 0. The van der Waals surface area contributed by atoms with E-state index >= 15 is 0 Å². The van der Waals surface area contributed by atoms with Crippen molar-refractivity contribution in [2.75, 3.05) is 0 Å². The first-order chi connectivity index (χ1) is 10.2. The molecule has 3 aromatic rings. The number of ether oxygens (including phenoxy) is 1. The van der Waals surface area contributed by atoms with Gasteiger partial charge in [-0.2, -0.15) is 0 Å². The van der Waals surface area contributed by atoms with Crippen LogP contribution in [0, 0.1) is 0 Å². The van der Waals surface area contributed by atoms with Crippen LogP contribution in [0.2, 0.25) is 5.02 Å². The molecule has 21 heavy (non-hydrogen) atoms. The Morgan fingerprint density at radius 3 is 2.33 bits per heavy atom. The number of benzene rings is 2. The molecule has 104 valence electrons. The highest BCUT2D eigenvalue weighted by molar-refractivity contribution is 6.30. The molecule has 0 aliphatic carbocycles. The summed E-state index contributed by atoms with van der Waals surface area (Å²) in [5, 5.41) is 0.647. The first kappa shape index (κ1) is 13.5. The molecule has 3 nitrogen and oxygen atoms in total. The lowest BCUT2D eigenvalue weighted by molar-refractivity contribution is 0.0702. The SMILES string of the molecule is O=C(Oc1ccccc1)c1ccc(-c2ccc(Cl)cc2)o1. The molecule has 0 aliphatic rings. The lowest BCUT2D eigenvalue weighted by Gasteiger charge is -2.01. The van der Waals surface area contributed by atoms with Gasteiger partial charge >= 0.3 is 5.97 Å². The van der Waals surface area contributed by atoms with E-state index in [4.69, 9.17) is 20.8 Å². The van der Waals surface area contributed by atoms with Gasteiger partial charge in [0.1, 0.15) is 11.5 Å². The fourth-order valence-corrected chi connectivity index (χ4v) is 1.99. The summed E-state index contributed by atoms with van der Waals surface area (Å²) in [6, 6.07) is 19.4. The normalized spacial score (nSPS) is 10.3. The van der Waals surface area contributed by atoms with E-state index in [1.165, 1.54) is 0 Å². The van der Waals surface area contributed by atoms with Gasteiger partial charge in [-0.05, 0) is 48.5 Å². The average molecular weight is 299 g/mol. The van der Waals surface area contributed by atoms with Crippen LogP contribution in [0.4, 0.5) is 0 Å². The van der Waals surface area contributed by atoms with Crippen molar-refractivity contribution in [3.63, 3.8) is 0 Å². The highest BCUT2D eigenvalue weighted by Crippen LogP contribution is 2.24. The van der Waals surface area contributed by atoms with Gasteiger partial charge in [-0.1, -0.05) is 29.8 Å². The van der Waals surface area contributed by atoms with Gasteiger partial charge in [0, 0.05) is 10.6 Å². The Hall–Kier alpha value is -2.52. The lowest BCUT2D eigenvalue weighted by Crippen LogP contribution is -2.06. The number of carbonyl (C=O) groups is 1. The first-order valence-corrected chi connectivity index (χ1v) is 6.73. The molecule has 0 aliphatic heterocycles. The summed E-state index contributed by atoms with van der Waals surface area (Å²) < 4.78 is 10.7. The van der Waals surface area contributed by atoms with E-state index in [-0.39, 0.29) is 5.76 Å². The summed E-state index contributed by atoms with van der Waals surface area (Å²) in [7, 11) is 0. The molecule has 0 fully saturated rings. The number of hydrogen-bond acceptors (Lipinski definition) is 3. The third-order valence-corrected chi connectivity index (χ3v) is 3.14. The van der Waals surface area contributed by atoms with Crippen LogP contribution >= 0.6 is 11.6 Å². The number of para-hydroxylation sites is 1. The smallest absolute Gasteiger partial charge is 0.379 e. The molecule has 0 radical (unpaired) electrons. The highest BCUT2D eigenvalue weighted by Gasteiger charge is 2.14. The topological polar surface area (TPSA) is 39.4 Å². The zero-order valence-electron chi connectivity index (χ0n) is 11.0. The van der Waals surface area contributed by atoms with E-state index in [0.717, 1.165) is 5.56 Å². The molecule has 0 saturated heterocycles. The average Bonchev–Trinajstić information content (AvgIpc) is 2.99. The van der Waals surface area contributed by atoms with Crippen molar-refractivity contribution in [2.24, 2.45) is 0 Å². The highest BCUT2D eigenvalue weighted by atomic mass is 35.5. The molecule has 1 aromatic heterocycles. The second-order valence-electron chi connectivity index (χ2n) is 4.37. The second kappa shape index (κ2) is 5.85. The van der Waals surface area contributed by atoms with Crippen molar-refractivity contribution >= 4 is 17.6 Å². The molecule has 1 heterocycles. The van der Waals surface area contributed by atoms with Crippen LogP contribution in [0.15, 0.2) is 71.1 Å². The molecular weight excluding hydrogens is 288 g/mol. The Morgan fingerprint density at radius 1 is 0.905 bits per heavy atom. The van der Waals surface area contributed by atoms with Gasteiger partial charge in [-0.25, -0.2) is 4.79 Å². The summed E-state index contributed by atoms with van der Waals surface area (Å²) in [6.45, 7) is 0. The maximum atomic E-state index is 12.0. The molecule has 0 bridgehead atoms. The third-order valence-electron chi connectivity index (χ3n) is 2.89. The van der Waals surface area contributed by atoms with Crippen LogP contribution in [0.1, 0.15) is 10.6 Å². The quantitative estimate of drug-likeness (QED) is 0.514. The van der Waals surface area contributed by atoms with Crippen molar-refractivity contribution in [1.82, 2.24) is 0 Å². The molecule has 0 atom stereocenters. The molecule has 0 amide bonds. The minimum atomic E-state index is -0.526. The zero-order chi connectivity index (χ0) is 14.7. The second-order valence-corrected chi connectivity index (χ2v) is 4.81. The van der Waals surface area contributed by atoms with E-state index in [2.05, 4.69) is 0 Å². The van der Waals surface area contributed by atoms with Crippen LogP contribution in [0.25, 0.3) is 11.3 Å². The third kappa shape index (κ3) is 3.15. The number of esters is 1. The minimum absolute atomic E-state index is 0.156. The van der Waals surface area contributed by atoms with Crippen LogP contribution in [-0.2, 0) is 0 Å². The van der Waals surface area contributed by atoms with E-state index in [1.54, 1.807) is 48.5 Å². The van der Waals surface area contributed by atoms with Crippen LogP contribution in [-0.4, -0.2) is 5.97 Å². The maximum Gasteiger partial charge on any atom is 0.379 e. The van der Waals surface area contributed by atoms with E-state index < -0.39 is 5.97 Å². The van der Waals surface area contributed by atoms with Gasteiger partial charge < -0.3 is 9.15 Å². The Labute approximate surface area is 126 Å². The zero-order valence-corrected chi connectivity index (χ0v) is 11.7. The molecule has 4 heteroatoms. The molecular formula is C17H11ClO3. The summed E-state index contributed by atoms with van der Waals surface area (Å²) in [5.74, 6) is 0.698. The number of furan rings is 1. The standard InChI is InChI=1S/C17H11ClO3/c18-13-8-6-12(7-9-13)15-10-11-16(21-15)17(19)20-14-4-2-1-3-5-14/h1-11H. The Kier molecular flexibility index (Phi) is 3.75. The number of halogens is 1. The first-order valence-electron chi connectivity index (χ1n) is 6.35. The van der Waals surface area contributed by atoms with Crippen molar-refractivity contribution in [1.29, 1.82) is 0 Å². The molecule has 0 unspecified atom stereocenters. The number of rotatable bonds is 3. The van der Waals surface area contributed by atoms with Gasteiger partial charge in [0.15, 0.2) is 0 Å². The minimum Gasteiger partial charge on any atom is -0.449 e. The number of hydrogen-bond donors (Lipinski definition) is 0. The Bertz CT molecular complexity index is 745. The monoisotopic (exact) mass is 298 g/mol. The van der Waals surface area contributed by atoms with Gasteiger partial charge in [-0.15, -0.1) is 0 Å². The van der Waals surface area contributed by atoms with Gasteiger partial charge in [0.05, 0.1) is 0 Å². The summed E-state index contributed by atoms with van der Waals surface area (Å²) >= 11 is 5.84. The van der Waals surface area contributed by atoms with Crippen molar-refractivity contribution in [2.45, 2.75) is 0 Å². The summed E-state index contributed by atoms with van der Waals surface area (Å²) in [4.78, 5) is 12.0. The van der Waals surface area contributed by atoms with Crippen LogP contribution in [0.3, 0.4) is 0 Å². The molecule has 0 N–H and O–H groups in total. The van der Waals surface area contributed by atoms with Crippen LogP contribution < -0.4 is 4.74 Å². The summed E-state index contributed by atoms with van der Waals surface area (Å²) in [5.41, 5.74) is 0.846. The lowest BCUT2D eigenvalue weighted by atomic mass is 10.2. The molecule has 3 rings (SSSR count).